The van der Waals surface area contributed by atoms with Crippen molar-refractivity contribution < 1.29 is 14.6 Å². The first kappa shape index (κ1) is 15.2. The fraction of sp³-hybridized carbons (Fsp3) is 0.769. The number of carboxylic acid groups (broad SMARTS) is 1. The number of carboxylic acids is 1. The summed E-state index contributed by atoms with van der Waals surface area (Å²) in [5.74, 6) is -0.905. The SMILES string of the molecule is C=CCOC(C)CCCCCC(C)C(=O)O. The van der Waals surface area contributed by atoms with Gasteiger partial charge in [0.25, 0.3) is 0 Å². The van der Waals surface area contributed by atoms with Crippen molar-refractivity contribution in [2.45, 2.75) is 52.1 Å². The van der Waals surface area contributed by atoms with Gasteiger partial charge in [0.15, 0.2) is 0 Å². The zero-order valence-electron chi connectivity index (χ0n) is 10.4. The highest BCUT2D eigenvalue weighted by atomic mass is 16.5. The molecule has 0 aromatic carbocycles. The van der Waals surface area contributed by atoms with Crippen molar-refractivity contribution in [3.8, 4) is 0 Å². The van der Waals surface area contributed by atoms with Crippen molar-refractivity contribution >= 4 is 5.97 Å². The Morgan fingerprint density at radius 1 is 1.31 bits per heavy atom. The molecule has 0 radical (unpaired) electrons. The van der Waals surface area contributed by atoms with Crippen LogP contribution in [0.5, 0.6) is 0 Å². The number of carbonyl (C=O) groups is 1. The predicted octanol–water partition coefficient (Wildman–Crippen LogP) is 3.25. The number of rotatable bonds is 10. The molecule has 3 nitrogen and oxygen atoms in total. The highest BCUT2D eigenvalue weighted by molar-refractivity contribution is 5.69. The molecule has 1 N–H and O–H groups in total. The Balaban J connectivity index is 3.32. The molecule has 0 spiro atoms. The lowest BCUT2D eigenvalue weighted by Crippen LogP contribution is -2.09. The summed E-state index contributed by atoms with van der Waals surface area (Å²) in [5, 5.41) is 8.69. The number of unbranched alkanes of at least 4 members (excludes halogenated alkanes) is 2. The van der Waals surface area contributed by atoms with E-state index in [0.717, 1.165) is 32.1 Å². The van der Waals surface area contributed by atoms with Crippen molar-refractivity contribution in [3.05, 3.63) is 12.7 Å². The van der Waals surface area contributed by atoms with Crippen LogP contribution in [0.4, 0.5) is 0 Å². The zero-order valence-corrected chi connectivity index (χ0v) is 10.4. The van der Waals surface area contributed by atoms with Crippen LogP contribution in [0, 0.1) is 5.92 Å². The van der Waals surface area contributed by atoms with Crippen molar-refractivity contribution in [2.24, 2.45) is 5.92 Å². The summed E-state index contributed by atoms with van der Waals surface area (Å²) >= 11 is 0. The van der Waals surface area contributed by atoms with Crippen LogP contribution in [0.15, 0.2) is 12.7 Å². The maximum atomic E-state index is 10.6. The lowest BCUT2D eigenvalue weighted by Gasteiger charge is -2.11. The molecule has 0 aliphatic carbocycles. The molecule has 0 bridgehead atoms. The molecule has 0 heterocycles. The molecule has 16 heavy (non-hydrogen) atoms. The molecule has 0 aliphatic rings. The summed E-state index contributed by atoms with van der Waals surface area (Å²) < 4.78 is 5.44. The van der Waals surface area contributed by atoms with Crippen molar-refractivity contribution in [3.63, 3.8) is 0 Å². The number of hydrogen-bond donors (Lipinski definition) is 1. The minimum absolute atomic E-state index is 0.213. The van der Waals surface area contributed by atoms with Crippen LogP contribution >= 0.6 is 0 Å². The van der Waals surface area contributed by atoms with Gasteiger partial charge in [0.1, 0.15) is 0 Å². The van der Waals surface area contributed by atoms with Crippen LogP contribution in [0.25, 0.3) is 0 Å². The molecule has 94 valence electrons. The van der Waals surface area contributed by atoms with Gasteiger partial charge in [0.2, 0.25) is 0 Å². The summed E-state index contributed by atoms with van der Waals surface area (Å²) in [5.41, 5.74) is 0. The Bertz CT molecular complexity index is 201. The molecule has 0 fully saturated rings. The minimum atomic E-state index is -0.692. The predicted molar refractivity (Wildman–Crippen MR) is 65.5 cm³/mol. The Labute approximate surface area is 98.5 Å². The maximum absolute atomic E-state index is 10.6. The topological polar surface area (TPSA) is 46.5 Å². The molecule has 2 unspecified atom stereocenters. The van der Waals surface area contributed by atoms with Gasteiger partial charge in [0, 0.05) is 0 Å². The lowest BCUT2D eigenvalue weighted by molar-refractivity contribution is -0.141. The average Bonchev–Trinajstić information content (AvgIpc) is 2.25. The van der Waals surface area contributed by atoms with E-state index in [9.17, 15) is 4.79 Å². The summed E-state index contributed by atoms with van der Waals surface area (Å²) in [6.07, 6.45) is 7.01. The van der Waals surface area contributed by atoms with E-state index in [1.54, 1.807) is 13.0 Å². The van der Waals surface area contributed by atoms with Gasteiger partial charge in [0.05, 0.1) is 18.6 Å². The van der Waals surface area contributed by atoms with E-state index >= 15 is 0 Å². The third-order valence-corrected chi connectivity index (χ3v) is 2.67. The summed E-state index contributed by atoms with van der Waals surface area (Å²) in [6, 6.07) is 0. The van der Waals surface area contributed by atoms with Gasteiger partial charge >= 0.3 is 5.97 Å². The summed E-state index contributed by atoms with van der Waals surface area (Å²) in [7, 11) is 0. The van der Waals surface area contributed by atoms with Crippen LogP contribution in [0.2, 0.25) is 0 Å². The van der Waals surface area contributed by atoms with Crippen LogP contribution in [-0.4, -0.2) is 23.8 Å². The second-order valence-electron chi connectivity index (χ2n) is 4.31. The average molecular weight is 228 g/mol. The molecular formula is C13H24O3. The Morgan fingerprint density at radius 2 is 1.94 bits per heavy atom. The first-order valence-electron chi connectivity index (χ1n) is 6.03. The smallest absolute Gasteiger partial charge is 0.306 e. The van der Waals surface area contributed by atoms with E-state index in [0.29, 0.717) is 6.61 Å². The van der Waals surface area contributed by atoms with Gasteiger partial charge in [-0.25, -0.2) is 0 Å². The van der Waals surface area contributed by atoms with E-state index in [2.05, 4.69) is 13.5 Å². The molecular weight excluding hydrogens is 204 g/mol. The zero-order chi connectivity index (χ0) is 12.4. The second kappa shape index (κ2) is 9.40. The van der Waals surface area contributed by atoms with Gasteiger partial charge in [-0.2, -0.15) is 0 Å². The lowest BCUT2D eigenvalue weighted by atomic mass is 10.0. The van der Waals surface area contributed by atoms with E-state index in [1.165, 1.54) is 0 Å². The molecule has 2 atom stereocenters. The van der Waals surface area contributed by atoms with Gasteiger partial charge in [-0.3, -0.25) is 4.79 Å². The standard InChI is InChI=1S/C13H24O3/c1-4-10-16-12(3)9-7-5-6-8-11(2)13(14)15/h4,11-12H,1,5-10H2,2-3H3,(H,14,15). The fourth-order valence-corrected chi connectivity index (χ4v) is 1.50. The monoisotopic (exact) mass is 228 g/mol. The first-order chi connectivity index (χ1) is 7.57. The summed E-state index contributed by atoms with van der Waals surface area (Å²) in [6.45, 7) is 8.03. The van der Waals surface area contributed by atoms with Gasteiger partial charge in [-0.15, -0.1) is 6.58 Å². The minimum Gasteiger partial charge on any atom is -0.481 e. The van der Waals surface area contributed by atoms with Crippen molar-refractivity contribution in [1.82, 2.24) is 0 Å². The molecule has 0 aliphatic heterocycles. The van der Waals surface area contributed by atoms with Crippen molar-refractivity contribution in [1.29, 1.82) is 0 Å². The van der Waals surface area contributed by atoms with Gasteiger partial charge in [-0.1, -0.05) is 32.3 Å². The van der Waals surface area contributed by atoms with Crippen LogP contribution < -0.4 is 0 Å². The molecule has 0 aromatic heterocycles. The van der Waals surface area contributed by atoms with Crippen LogP contribution in [0.1, 0.15) is 46.0 Å². The largest absolute Gasteiger partial charge is 0.481 e. The molecule has 0 saturated heterocycles. The van der Waals surface area contributed by atoms with E-state index < -0.39 is 5.97 Å². The van der Waals surface area contributed by atoms with E-state index in [-0.39, 0.29) is 12.0 Å². The molecule has 3 heteroatoms. The van der Waals surface area contributed by atoms with Crippen molar-refractivity contribution in [2.75, 3.05) is 6.61 Å². The highest BCUT2D eigenvalue weighted by Gasteiger charge is 2.09. The number of ether oxygens (including phenoxy) is 1. The Morgan fingerprint density at radius 3 is 2.50 bits per heavy atom. The normalized spacial score (nSPS) is 14.4. The Kier molecular flexibility index (Phi) is 8.91. The summed E-state index contributed by atoms with van der Waals surface area (Å²) in [4.78, 5) is 10.6. The quantitative estimate of drug-likeness (QED) is 0.461. The third-order valence-electron chi connectivity index (χ3n) is 2.67. The van der Waals surface area contributed by atoms with E-state index in [1.807, 2.05) is 0 Å². The molecule has 0 rings (SSSR count). The fourth-order valence-electron chi connectivity index (χ4n) is 1.50. The van der Waals surface area contributed by atoms with Crippen LogP contribution in [-0.2, 0) is 9.53 Å². The highest BCUT2D eigenvalue weighted by Crippen LogP contribution is 2.12. The Hall–Kier alpha value is -0.830. The number of aliphatic carboxylic acids is 1. The maximum Gasteiger partial charge on any atom is 0.306 e. The second-order valence-corrected chi connectivity index (χ2v) is 4.31. The van der Waals surface area contributed by atoms with E-state index in [4.69, 9.17) is 9.84 Å². The van der Waals surface area contributed by atoms with Gasteiger partial charge in [-0.05, 0) is 19.8 Å². The third kappa shape index (κ3) is 8.48. The first-order valence-corrected chi connectivity index (χ1v) is 6.03. The number of hydrogen-bond acceptors (Lipinski definition) is 2. The molecule has 0 saturated carbocycles. The van der Waals surface area contributed by atoms with Gasteiger partial charge < -0.3 is 9.84 Å². The molecule has 0 aromatic rings. The van der Waals surface area contributed by atoms with Crippen LogP contribution in [0.3, 0.4) is 0 Å². The molecule has 0 amide bonds.